The molecule has 0 atom stereocenters. The average Bonchev–Trinajstić information content (AvgIpc) is 2.27. The van der Waals surface area contributed by atoms with Crippen molar-refractivity contribution in [2.75, 3.05) is 7.11 Å². The second-order valence-corrected chi connectivity index (χ2v) is 3.75. The van der Waals surface area contributed by atoms with Gasteiger partial charge in [0.1, 0.15) is 17.3 Å². The van der Waals surface area contributed by atoms with Gasteiger partial charge in [0.15, 0.2) is 0 Å². The van der Waals surface area contributed by atoms with Crippen molar-refractivity contribution in [1.29, 1.82) is 0 Å². The fourth-order valence-corrected chi connectivity index (χ4v) is 1.54. The summed E-state index contributed by atoms with van der Waals surface area (Å²) in [4.78, 5) is 11.3. The van der Waals surface area contributed by atoms with Gasteiger partial charge in [-0.2, -0.15) is 0 Å². The lowest BCUT2D eigenvalue weighted by Crippen LogP contribution is -2.01. The fraction of sp³-hybridized carbons (Fsp3) is 0.462. The van der Waals surface area contributed by atoms with Crippen LogP contribution in [0.5, 0.6) is 5.75 Å². The maximum atomic E-state index is 13.5. The summed E-state index contributed by atoms with van der Waals surface area (Å²) in [6, 6.07) is 4.73. The van der Waals surface area contributed by atoms with Crippen LogP contribution in [0.1, 0.15) is 31.7 Å². The van der Waals surface area contributed by atoms with Crippen molar-refractivity contribution in [3.05, 3.63) is 29.6 Å². The fourth-order valence-electron chi connectivity index (χ4n) is 1.54. The van der Waals surface area contributed by atoms with Crippen molar-refractivity contribution in [3.63, 3.8) is 0 Å². The lowest BCUT2D eigenvalue weighted by atomic mass is 10.0. The molecule has 0 N–H and O–H groups in total. The molecule has 0 aromatic heterocycles. The first-order valence-corrected chi connectivity index (χ1v) is 5.51. The molecule has 16 heavy (non-hydrogen) atoms. The molecule has 3 heteroatoms. The van der Waals surface area contributed by atoms with Crippen molar-refractivity contribution in [2.24, 2.45) is 0 Å². The van der Waals surface area contributed by atoms with Crippen LogP contribution in [0, 0.1) is 5.82 Å². The van der Waals surface area contributed by atoms with Crippen molar-refractivity contribution in [2.45, 2.75) is 32.6 Å². The minimum absolute atomic E-state index is 0.192. The smallest absolute Gasteiger partial charge is 0.133 e. The van der Waals surface area contributed by atoms with Crippen molar-refractivity contribution < 1.29 is 13.9 Å². The molecule has 2 nitrogen and oxygen atoms in total. The molecule has 0 aliphatic heterocycles. The standard InChI is InChI=1S/C13H17FO2/c1-3-4-11(15)7-5-10-6-8-12(16-2)9-13(10)14/h6,8-9H,3-5,7H2,1-2H3. The second-order valence-electron chi connectivity index (χ2n) is 3.75. The minimum atomic E-state index is -0.302. The Morgan fingerprint density at radius 2 is 2.12 bits per heavy atom. The van der Waals surface area contributed by atoms with E-state index in [0.717, 1.165) is 6.42 Å². The molecule has 1 aromatic rings. The van der Waals surface area contributed by atoms with Crippen LogP contribution in [0.15, 0.2) is 18.2 Å². The highest BCUT2D eigenvalue weighted by Gasteiger charge is 2.06. The van der Waals surface area contributed by atoms with Gasteiger partial charge in [-0.25, -0.2) is 4.39 Å². The van der Waals surface area contributed by atoms with Crippen LogP contribution in [-0.2, 0) is 11.2 Å². The number of ether oxygens (including phenoxy) is 1. The number of Topliss-reactive ketones (excluding diaryl/α,β-unsaturated/α-hetero) is 1. The molecular formula is C13H17FO2. The van der Waals surface area contributed by atoms with Crippen LogP contribution in [0.25, 0.3) is 0 Å². The van der Waals surface area contributed by atoms with Crippen LogP contribution in [-0.4, -0.2) is 12.9 Å². The summed E-state index contributed by atoms with van der Waals surface area (Å²) in [6.07, 6.45) is 2.31. The third-order valence-corrected chi connectivity index (χ3v) is 2.46. The molecule has 0 amide bonds. The maximum Gasteiger partial charge on any atom is 0.133 e. The molecule has 0 saturated carbocycles. The van der Waals surface area contributed by atoms with E-state index in [9.17, 15) is 9.18 Å². The lowest BCUT2D eigenvalue weighted by Gasteiger charge is -2.05. The van der Waals surface area contributed by atoms with Gasteiger partial charge in [0.05, 0.1) is 7.11 Å². The van der Waals surface area contributed by atoms with E-state index in [4.69, 9.17) is 4.74 Å². The summed E-state index contributed by atoms with van der Waals surface area (Å²) in [5.74, 6) is 0.391. The first-order valence-electron chi connectivity index (χ1n) is 5.51. The number of rotatable bonds is 6. The number of methoxy groups -OCH3 is 1. The van der Waals surface area contributed by atoms with E-state index in [-0.39, 0.29) is 11.6 Å². The highest BCUT2D eigenvalue weighted by Crippen LogP contribution is 2.17. The molecule has 0 unspecified atom stereocenters. The van der Waals surface area contributed by atoms with Gasteiger partial charge in [0, 0.05) is 18.9 Å². The summed E-state index contributed by atoms with van der Waals surface area (Å²) < 4.78 is 18.4. The first kappa shape index (κ1) is 12.7. The number of halogens is 1. The number of ketones is 1. The maximum absolute atomic E-state index is 13.5. The second kappa shape index (κ2) is 6.26. The van der Waals surface area contributed by atoms with Gasteiger partial charge in [-0.3, -0.25) is 4.79 Å². The van der Waals surface area contributed by atoms with Gasteiger partial charge < -0.3 is 4.74 Å². The Kier molecular flexibility index (Phi) is 4.96. The van der Waals surface area contributed by atoms with E-state index in [0.29, 0.717) is 30.6 Å². The number of hydrogen-bond donors (Lipinski definition) is 0. The third-order valence-electron chi connectivity index (χ3n) is 2.46. The van der Waals surface area contributed by atoms with Gasteiger partial charge in [-0.05, 0) is 24.5 Å². The summed E-state index contributed by atoms with van der Waals surface area (Å²) >= 11 is 0. The predicted molar refractivity (Wildman–Crippen MR) is 61.2 cm³/mol. The van der Waals surface area contributed by atoms with Crippen molar-refractivity contribution in [3.8, 4) is 5.75 Å². The zero-order chi connectivity index (χ0) is 12.0. The van der Waals surface area contributed by atoms with Gasteiger partial charge in [-0.1, -0.05) is 13.0 Å². The SMILES string of the molecule is CCCC(=O)CCc1ccc(OC)cc1F. The zero-order valence-corrected chi connectivity index (χ0v) is 9.75. The van der Waals surface area contributed by atoms with E-state index >= 15 is 0 Å². The topological polar surface area (TPSA) is 26.3 Å². The number of aryl methyl sites for hydroxylation is 1. The van der Waals surface area contributed by atoms with E-state index in [1.54, 1.807) is 12.1 Å². The van der Waals surface area contributed by atoms with Crippen LogP contribution in [0.4, 0.5) is 4.39 Å². The average molecular weight is 224 g/mol. The first-order chi connectivity index (χ1) is 7.67. The Morgan fingerprint density at radius 1 is 1.38 bits per heavy atom. The van der Waals surface area contributed by atoms with Crippen molar-refractivity contribution in [1.82, 2.24) is 0 Å². The highest BCUT2D eigenvalue weighted by atomic mass is 19.1. The quantitative estimate of drug-likeness (QED) is 0.742. The summed E-state index contributed by atoms with van der Waals surface area (Å²) in [5.41, 5.74) is 0.574. The highest BCUT2D eigenvalue weighted by molar-refractivity contribution is 5.78. The number of hydrogen-bond acceptors (Lipinski definition) is 2. The van der Waals surface area contributed by atoms with E-state index < -0.39 is 0 Å². The van der Waals surface area contributed by atoms with Crippen molar-refractivity contribution >= 4 is 5.78 Å². The Labute approximate surface area is 95.4 Å². The lowest BCUT2D eigenvalue weighted by molar-refractivity contribution is -0.119. The molecule has 0 fully saturated rings. The number of benzene rings is 1. The van der Waals surface area contributed by atoms with Gasteiger partial charge in [0.2, 0.25) is 0 Å². The molecule has 1 aromatic carbocycles. The Morgan fingerprint density at radius 3 is 2.69 bits per heavy atom. The zero-order valence-electron chi connectivity index (χ0n) is 9.75. The van der Waals surface area contributed by atoms with E-state index in [1.807, 2.05) is 6.92 Å². The molecule has 0 bridgehead atoms. The Balaban J connectivity index is 2.57. The molecule has 1 rings (SSSR count). The molecule has 0 aliphatic carbocycles. The molecule has 0 heterocycles. The van der Waals surface area contributed by atoms with Gasteiger partial charge in [-0.15, -0.1) is 0 Å². The van der Waals surface area contributed by atoms with E-state index in [1.165, 1.54) is 13.2 Å². The molecule has 0 spiro atoms. The summed E-state index contributed by atoms with van der Waals surface area (Å²) in [7, 11) is 1.50. The van der Waals surface area contributed by atoms with E-state index in [2.05, 4.69) is 0 Å². The minimum Gasteiger partial charge on any atom is -0.497 e. The number of carbonyl (C=O) groups excluding carboxylic acids is 1. The summed E-state index contributed by atoms with van der Waals surface area (Å²) in [5, 5.41) is 0. The molecule has 88 valence electrons. The Hall–Kier alpha value is -1.38. The van der Waals surface area contributed by atoms with Gasteiger partial charge in [0.25, 0.3) is 0 Å². The molecule has 0 aliphatic rings. The van der Waals surface area contributed by atoms with Crippen LogP contribution in [0.3, 0.4) is 0 Å². The number of carbonyl (C=O) groups is 1. The Bertz CT molecular complexity index is 361. The normalized spacial score (nSPS) is 10.2. The van der Waals surface area contributed by atoms with Gasteiger partial charge >= 0.3 is 0 Å². The largest absolute Gasteiger partial charge is 0.497 e. The van der Waals surface area contributed by atoms with Crippen LogP contribution < -0.4 is 4.74 Å². The van der Waals surface area contributed by atoms with Crippen LogP contribution in [0.2, 0.25) is 0 Å². The summed E-state index contributed by atoms with van der Waals surface area (Å²) in [6.45, 7) is 1.96. The third kappa shape index (κ3) is 3.65. The van der Waals surface area contributed by atoms with Crippen LogP contribution >= 0.6 is 0 Å². The molecule has 0 radical (unpaired) electrons. The molecular weight excluding hydrogens is 207 g/mol. The monoisotopic (exact) mass is 224 g/mol. The predicted octanol–water partition coefficient (Wildman–Crippen LogP) is 3.14. The molecule has 0 saturated heterocycles.